The van der Waals surface area contributed by atoms with E-state index in [-0.39, 0.29) is 25.0 Å². The highest BCUT2D eigenvalue weighted by Crippen LogP contribution is 2.25. The van der Waals surface area contributed by atoms with E-state index < -0.39 is 29.0 Å². The Hall–Kier alpha value is -2.29. The maximum absolute atomic E-state index is 13.6. The molecule has 0 saturated heterocycles. The minimum absolute atomic E-state index is 0.126. The minimum Gasteiger partial charge on any atom is -0.348 e. The molecule has 2 rings (SSSR count). The number of benzene rings is 2. The van der Waals surface area contributed by atoms with Crippen molar-refractivity contribution >= 4 is 40.7 Å². The van der Waals surface area contributed by atoms with E-state index in [2.05, 4.69) is 10.6 Å². The van der Waals surface area contributed by atoms with Gasteiger partial charge >= 0.3 is 0 Å². The molecule has 29 heavy (non-hydrogen) atoms. The lowest BCUT2D eigenvalue weighted by Crippen LogP contribution is -2.39. The van der Waals surface area contributed by atoms with Gasteiger partial charge in [-0.1, -0.05) is 29.3 Å². The van der Waals surface area contributed by atoms with Crippen LogP contribution in [0.2, 0.25) is 10.0 Å². The lowest BCUT2D eigenvalue weighted by atomic mass is 10.1. The van der Waals surface area contributed by atoms with Crippen LogP contribution in [0.4, 0.5) is 18.9 Å². The van der Waals surface area contributed by atoms with Crippen molar-refractivity contribution in [2.24, 2.45) is 0 Å². The van der Waals surface area contributed by atoms with Gasteiger partial charge in [-0.3, -0.25) is 14.5 Å². The molecule has 0 bridgehead atoms. The Bertz CT molecular complexity index is 928. The van der Waals surface area contributed by atoms with E-state index in [1.54, 1.807) is 25.1 Å². The molecule has 1 unspecified atom stereocenters. The van der Waals surface area contributed by atoms with Crippen LogP contribution in [0.5, 0.6) is 0 Å². The third kappa shape index (κ3) is 6.35. The summed E-state index contributed by atoms with van der Waals surface area (Å²) in [7, 11) is 1.50. The predicted octanol–water partition coefficient (Wildman–Crippen LogP) is 4.16. The number of amides is 2. The molecule has 0 saturated carbocycles. The van der Waals surface area contributed by atoms with Gasteiger partial charge in [0.2, 0.25) is 11.8 Å². The molecule has 10 heteroatoms. The number of carbonyl (C=O) groups is 2. The average Bonchev–Trinajstić information content (AvgIpc) is 2.64. The van der Waals surface area contributed by atoms with Crippen LogP contribution in [0.1, 0.15) is 18.5 Å². The minimum atomic E-state index is -1.67. The lowest BCUT2D eigenvalue weighted by molar-refractivity contribution is -0.123. The number of likely N-dealkylation sites (N-methyl/N-ethyl adjacent to an activating group) is 1. The Morgan fingerprint density at radius 2 is 1.66 bits per heavy atom. The van der Waals surface area contributed by atoms with Crippen LogP contribution in [-0.4, -0.2) is 36.9 Å². The molecule has 0 radical (unpaired) electrons. The molecule has 2 N–H and O–H groups in total. The van der Waals surface area contributed by atoms with Crippen molar-refractivity contribution in [2.75, 3.05) is 25.5 Å². The van der Waals surface area contributed by atoms with E-state index >= 15 is 0 Å². The standard InChI is InChI=1S/C19H18Cl2F3N3O2/c1-10(11-3-4-12(20)13(21)7-11)25-16(28)8-27(2)9-17(29)26-15-6-5-14(22)18(23)19(15)24/h3-7,10H,8-9H2,1-2H3,(H,25,28)(H,26,29). The van der Waals surface area contributed by atoms with Gasteiger partial charge in [-0.15, -0.1) is 0 Å². The number of halogens is 5. The smallest absolute Gasteiger partial charge is 0.238 e. The topological polar surface area (TPSA) is 61.4 Å². The van der Waals surface area contributed by atoms with Crippen molar-refractivity contribution in [2.45, 2.75) is 13.0 Å². The number of rotatable bonds is 7. The second-order valence-corrected chi connectivity index (χ2v) is 7.22. The number of hydrogen-bond donors (Lipinski definition) is 2. The molecule has 2 amide bonds. The molecule has 1 atom stereocenters. The Labute approximate surface area is 175 Å². The highest BCUT2D eigenvalue weighted by atomic mass is 35.5. The first-order chi connectivity index (χ1) is 13.6. The highest BCUT2D eigenvalue weighted by molar-refractivity contribution is 6.42. The van der Waals surface area contributed by atoms with Crippen molar-refractivity contribution in [1.82, 2.24) is 10.2 Å². The fraction of sp³-hybridized carbons (Fsp3) is 0.263. The molecule has 0 heterocycles. The second kappa shape index (κ2) is 9.96. The van der Waals surface area contributed by atoms with E-state index in [4.69, 9.17) is 23.2 Å². The van der Waals surface area contributed by atoms with Crippen LogP contribution in [0.3, 0.4) is 0 Å². The second-order valence-electron chi connectivity index (χ2n) is 6.41. The molecule has 156 valence electrons. The lowest BCUT2D eigenvalue weighted by Gasteiger charge is -2.19. The van der Waals surface area contributed by atoms with Crippen molar-refractivity contribution in [3.63, 3.8) is 0 Å². The van der Waals surface area contributed by atoms with Crippen LogP contribution < -0.4 is 10.6 Å². The summed E-state index contributed by atoms with van der Waals surface area (Å²) in [5, 5.41) is 5.66. The number of hydrogen-bond acceptors (Lipinski definition) is 3. The average molecular weight is 448 g/mol. The third-order valence-corrected chi connectivity index (χ3v) is 4.70. The van der Waals surface area contributed by atoms with E-state index in [1.165, 1.54) is 11.9 Å². The van der Waals surface area contributed by atoms with Crippen molar-refractivity contribution in [3.8, 4) is 0 Å². The first kappa shape index (κ1) is 23.0. The maximum atomic E-state index is 13.6. The molecule has 2 aromatic rings. The van der Waals surface area contributed by atoms with Crippen LogP contribution in [0.15, 0.2) is 30.3 Å². The number of nitrogens with zero attached hydrogens (tertiary/aromatic N) is 1. The van der Waals surface area contributed by atoms with Gasteiger partial charge in [-0.2, -0.15) is 0 Å². The summed E-state index contributed by atoms with van der Waals surface area (Å²) in [5.41, 5.74) is 0.266. The zero-order valence-electron chi connectivity index (χ0n) is 15.5. The number of nitrogens with one attached hydrogen (secondary N) is 2. The zero-order chi connectivity index (χ0) is 21.7. The summed E-state index contributed by atoms with van der Waals surface area (Å²) in [6.07, 6.45) is 0. The summed E-state index contributed by atoms with van der Waals surface area (Å²) in [6, 6.07) is 6.26. The van der Waals surface area contributed by atoms with Gasteiger partial charge in [-0.25, -0.2) is 13.2 Å². The van der Waals surface area contributed by atoms with E-state index in [1.807, 2.05) is 0 Å². The predicted molar refractivity (Wildman–Crippen MR) is 105 cm³/mol. The molecule has 5 nitrogen and oxygen atoms in total. The largest absolute Gasteiger partial charge is 0.348 e. The fourth-order valence-electron chi connectivity index (χ4n) is 2.51. The SMILES string of the molecule is CC(NC(=O)CN(C)CC(=O)Nc1ccc(F)c(F)c1F)c1ccc(Cl)c(Cl)c1. The van der Waals surface area contributed by atoms with Gasteiger partial charge in [0.05, 0.1) is 34.9 Å². The van der Waals surface area contributed by atoms with Crippen LogP contribution in [-0.2, 0) is 9.59 Å². The van der Waals surface area contributed by atoms with Crippen molar-refractivity contribution < 1.29 is 22.8 Å². The van der Waals surface area contributed by atoms with E-state index in [0.29, 0.717) is 16.1 Å². The molecule has 0 fully saturated rings. The molecule has 0 spiro atoms. The Morgan fingerprint density at radius 3 is 2.31 bits per heavy atom. The molecular formula is C19H18Cl2F3N3O2. The summed E-state index contributed by atoms with van der Waals surface area (Å²) in [6.45, 7) is 1.36. The quantitative estimate of drug-likeness (QED) is 0.626. The number of carbonyl (C=O) groups excluding carboxylic acids is 2. The zero-order valence-corrected chi connectivity index (χ0v) is 17.0. The monoisotopic (exact) mass is 447 g/mol. The third-order valence-electron chi connectivity index (χ3n) is 3.96. The summed E-state index contributed by atoms with van der Waals surface area (Å²) < 4.78 is 39.7. The summed E-state index contributed by atoms with van der Waals surface area (Å²) >= 11 is 11.8. The summed E-state index contributed by atoms with van der Waals surface area (Å²) in [5.74, 6) is -5.58. The van der Waals surface area contributed by atoms with Crippen molar-refractivity contribution in [3.05, 3.63) is 63.4 Å². The Kier molecular flexibility index (Phi) is 7.89. The highest BCUT2D eigenvalue weighted by Gasteiger charge is 2.17. The normalized spacial score (nSPS) is 12.0. The number of anilines is 1. The Morgan fingerprint density at radius 1 is 1.00 bits per heavy atom. The molecule has 0 aliphatic rings. The van der Waals surface area contributed by atoms with Crippen LogP contribution >= 0.6 is 23.2 Å². The fourth-order valence-corrected chi connectivity index (χ4v) is 2.82. The first-order valence-corrected chi connectivity index (χ1v) is 9.20. The van der Waals surface area contributed by atoms with E-state index in [0.717, 1.165) is 11.6 Å². The first-order valence-electron chi connectivity index (χ1n) is 8.44. The Balaban J connectivity index is 1.87. The molecular weight excluding hydrogens is 430 g/mol. The molecule has 2 aromatic carbocycles. The van der Waals surface area contributed by atoms with Gasteiger partial charge in [-0.05, 0) is 43.8 Å². The molecule has 0 aromatic heterocycles. The van der Waals surface area contributed by atoms with Gasteiger partial charge in [0.1, 0.15) is 0 Å². The van der Waals surface area contributed by atoms with Crippen molar-refractivity contribution in [1.29, 1.82) is 0 Å². The van der Waals surface area contributed by atoms with Crippen LogP contribution in [0, 0.1) is 17.5 Å². The van der Waals surface area contributed by atoms with Gasteiger partial charge in [0.25, 0.3) is 0 Å². The van der Waals surface area contributed by atoms with Gasteiger partial charge < -0.3 is 10.6 Å². The van der Waals surface area contributed by atoms with E-state index in [9.17, 15) is 22.8 Å². The summed E-state index contributed by atoms with van der Waals surface area (Å²) in [4.78, 5) is 25.5. The van der Waals surface area contributed by atoms with Gasteiger partial charge in [0, 0.05) is 0 Å². The molecule has 0 aliphatic heterocycles. The van der Waals surface area contributed by atoms with Gasteiger partial charge in [0.15, 0.2) is 17.5 Å². The molecule has 0 aliphatic carbocycles. The maximum Gasteiger partial charge on any atom is 0.238 e. The van der Waals surface area contributed by atoms with Crippen LogP contribution in [0.25, 0.3) is 0 Å².